The standard InChI is InChI=1S/C18H25NO/c1-20-17-5-3-2-4-14(17)11-19-18-15-7-12-6-13(9-15)10-16(18)8-12/h2-5,12-13,15-16,18-19H,6-11H2,1H3/p+1. The molecule has 0 unspecified atom stereocenters. The summed E-state index contributed by atoms with van der Waals surface area (Å²) in [6.45, 7) is 1.08. The molecule has 4 aliphatic rings. The van der Waals surface area contributed by atoms with Crippen LogP contribution in [-0.4, -0.2) is 13.2 Å². The van der Waals surface area contributed by atoms with Gasteiger partial charge in [0.2, 0.25) is 0 Å². The Bertz CT molecular complexity index is 456. The number of nitrogens with two attached hydrogens (primary N) is 1. The number of para-hydroxylation sites is 1. The Morgan fingerprint density at radius 3 is 2.30 bits per heavy atom. The van der Waals surface area contributed by atoms with Crippen LogP contribution in [-0.2, 0) is 6.54 Å². The topological polar surface area (TPSA) is 25.8 Å². The van der Waals surface area contributed by atoms with Gasteiger partial charge >= 0.3 is 0 Å². The minimum atomic E-state index is 0.882. The van der Waals surface area contributed by atoms with E-state index in [4.69, 9.17) is 4.74 Å². The van der Waals surface area contributed by atoms with Crippen molar-refractivity contribution in [2.24, 2.45) is 23.7 Å². The van der Waals surface area contributed by atoms with Gasteiger partial charge in [0.25, 0.3) is 0 Å². The normalized spacial score (nSPS) is 38.1. The number of rotatable bonds is 4. The molecule has 0 heterocycles. The second kappa shape index (κ2) is 5.07. The average Bonchev–Trinajstić information content (AvgIpc) is 2.46. The van der Waals surface area contributed by atoms with Gasteiger partial charge in [-0.25, -0.2) is 0 Å². The molecule has 2 nitrogen and oxygen atoms in total. The summed E-state index contributed by atoms with van der Waals surface area (Å²) in [5.41, 5.74) is 1.35. The van der Waals surface area contributed by atoms with E-state index >= 15 is 0 Å². The third kappa shape index (κ3) is 2.14. The fraction of sp³-hybridized carbons (Fsp3) is 0.667. The molecule has 0 atom stereocenters. The van der Waals surface area contributed by atoms with Gasteiger partial charge in [0.05, 0.1) is 13.2 Å². The van der Waals surface area contributed by atoms with Crippen molar-refractivity contribution in [3.63, 3.8) is 0 Å². The zero-order valence-corrected chi connectivity index (χ0v) is 12.4. The van der Waals surface area contributed by atoms with Crippen molar-refractivity contribution in [2.45, 2.75) is 44.7 Å². The number of benzene rings is 1. The van der Waals surface area contributed by atoms with Gasteiger partial charge in [-0.3, -0.25) is 0 Å². The summed E-state index contributed by atoms with van der Waals surface area (Å²) in [4.78, 5) is 0. The smallest absolute Gasteiger partial charge is 0.127 e. The van der Waals surface area contributed by atoms with E-state index in [0.717, 1.165) is 42.0 Å². The molecule has 2 N–H and O–H groups in total. The van der Waals surface area contributed by atoms with Gasteiger partial charge in [-0.1, -0.05) is 12.1 Å². The Kier molecular flexibility index (Phi) is 3.22. The summed E-state index contributed by atoms with van der Waals surface area (Å²) in [6, 6.07) is 9.37. The molecule has 0 amide bonds. The summed E-state index contributed by atoms with van der Waals surface area (Å²) in [5, 5.41) is 2.63. The maximum absolute atomic E-state index is 5.48. The zero-order chi connectivity index (χ0) is 13.5. The predicted molar refractivity (Wildman–Crippen MR) is 79.5 cm³/mol. The fourth-order valence-electron chi connectivity index (χ4n) is 5.49. The molecule has 0 spiro atoms. The van der Waals surface area contributed by atoms with Crippen LogP contribution in [0.2, 0.25) is 0 Å². The molecule has 4 bridgehead atoms. The van der Waals surface area contributed by atoms with Gasteiger partial charge < -0.3 is 10.1 Å². The molecule has 1 aromatic carbocycles. The van der Waals surface area contributed by atoms with E-state index in [1.54, 1.807) is 13.5 Å². The molecule has 5 rings (SSSR count). The minimum Gasteiger partial charge on any atom is -0.496 e. The molecule has 108 valence electrons. The second-order valence-electron chi connectivity index (χ2n) is 7.26. The molecule has 0 saturated heterocycles. The van der Waals surface area contributed by atoms with Crippen LogP contribution in [0.25, 0.3) is 0 Å². The zero-order valence-electron chi connectivity index (χ0n) is 12.4. The van der Waals surface area contributed by atoms with Crippen LogP contribution in [0.1, 0.15) is 37.7 Å². The van der Waals surface area contributed by atoms with Crippen LogP contribution >= 0.6 is 0 Å². The van der Waals surface area contributed by atoms with Crippen LogP contribution < -0.4 is 10.1 Å². The predicted octanol–water partition coefficient (Wildman–Crippen LogP) is 2.58. The highest BCUT2D eigenvalue weighted by molar-refractivity contribution is 5.32. The Morgan fingerprint density at radius 1 is 1.00 bits per heavy atom. The van der Waals surface area contributed by atoms with Crippen LogP contribution in [0.4, 0.5) is 0 Å². The van der Waals surface area contributed by atoms with Crippen LogP contribution in [0, 0.1) is 23.7 Å². The van der Waals surface area contributed by atoms with Gasteiger partial charge in [-0.15, -0.1) is 0 Å². The van der Waals surface area contributed by atoms with E-state index in [-0.39, 0.29) is 0 Å². The first-order valence-electron chi connectivity index (χ1n) is 8.28. The molecule has 4 fully saturated rings. The molecule has 0 radical (unpaired) electrons. The summed E-state index contributed by atoms with van der Waals surface area (Å²) in [5.74, 6) is 5.20. The van der Waals surface area contributed by atoms with E-state index in [9.17, 15) is 0 Å². The maximum atomic E-state index is 5.48. The third-order valence-corrected chi connectivity index (χ3v) is 6.10. The maximum Gasteiger partial charge on any atom is 0.127 e. The van der Waals surface area contributed by atoms with Gasteiger partial charge in [0.15, 0.2) is 0 Å². The largest absolute Gasteiger partial charge is 0.496 e. The van der Waals surface area contributed by atoms with E-state index in [1.165, 1.54) is 31.2 Å². The Hall–Kier alpha value is -1.02. The van der Waals surface area contributed by atoms with Crippen LogP contribution in [0.3, 0.4) is 0 Å². The second-order valence-corrected chi connectivity index (χ2v) is 7.26. The van der Waals surface area contributed by atoms with Crippen molar-refractivity contribution in [1.29, 1.82) is 0 Å². The molecular weight excluding hydrogens is 246 g/mol. The Morgan fingerprint density at radius 2 is 1.65 bits per heavy atom. The van der Waals surface area contributed by atoms with E-state index in [1.807, 2.05) is 0 Å². The van der Waals surface area contributed by atoms with Gasteiger partial charge in [-0.05, 0) is 56.1 Å². The molecule has 4 saturated carbocycles. The highest BCUT2D eigenvalue weighted by Crippen LogP contribution is 2.52. The fourth-order valence-corrected chi connectivity index (χ4v) is 5.49. The first kappa shape index (κ1) is 12.7. The van der Waals surface area contributed by atoms with Crippen molar-refractivity contribution >= 4 is 0 Å². The molecule has 2 heteroatoms. The summed E-state index contributed by atoms with van der Waals surface area (Å²) < 4.78 is 5.48. The Labute approximate surface area is 121 Å². The monoisotopic (exact) mass is 272 g/mol. The Balaban J connectivity index is 1.45. The average molecular weight is 272 g/mol. The molecule has 20 heavy (non-hydrogen) atoms. The lowest BCUT2D eigenvalue weighted by atomic mass is 9.54. The lowest BCUT2D eigenvalue weighted by Gasteiger charge is -2.52. The minimum absolute atomic E-state index is 0.882. The van der Waals surface area contributed by atoms with Gasteiger partial charge in [0.1, 0.15) is 12.3 Å². The van der Waals surface area contributed by atoms with Gasteiger partial charge in [0, 0.05) is 17.4 Å². The summed E-state index contributed by atoms with van der Waals surface area (Å²) >= 11 is 0. The number of quaternary nitrogens is 1. The lowest BCUT2D eigenvalue weighted by molar-refractivity contribution is -0.723. The van der Waals surface area contributed by atoms with E-state index in [0.29, 0.717) is 0 Å². The highest BCUT2D eigenvalue weighted by atomic mass is 16.5. The van der Waals surface area contributed by atoms with E-state index < -0.39 is 0 Å². The van der Waals surface area contributed by atoms with Crippen molar-refractivity contribution < 1.29 is 10.1 Å². The number of ether oxygens (including phenoxy) is 1. The first-order valence-corrected chi connectivity index (χ1v) is 8.28. The van der Waals surface area contributed by atoms with Crippen molar-refractivity contribution in [1.82, 2.24) is 0 Å². The molecule has 0 aromatic heterocycles. The molecule has 4 aliphatic carbocycles. The lowest BCUT2D eigenvalue weighted by Crippen LogP contribution is -2.93. The van der Waals surface area contributed by atoms with E-state index in [2.05, 4.69) is 29.6 Å². The SMILES string of the molecule is COc1ccccc1C[NH2+]C1C2CC3CC(C2)CC1C3. The first-order chi connectivity index (χ1) is 9.83. The third-order valence-electron chi connectivity index (χ3n) is 6.10. The quantitative estimate of drug-likeness (QED) is 0.895. The number of hydrogen-bond donors (Lipinski definition) is 1. The molecular formula is C18H26NO+. The van der Waals surface area contributed by atoms with Crippen molar-refractivity contribution in [3.05, 3.63) is 29.8 Å². The molecule has 1 aromatic rings. The summed E-state index contributed by atoms with van der Waals surface area (Å²) in [6.07, 6.45) is 7.60. The van der Waals surface area contributed by atoms with Crippen LogP contribution in [0.15, 0.2) is 24.3 Å². The van der Waals surface area contributed by atoms with Crippen molar-refractivity contribution in [2.75, 3.05) is 7.11 Å². The summed E-state index contributed by atoms with van der Waals surface area (Å²) in [7, 11) is 1.78. The highest BCUT2D eigenvalue weighted by Gasteiger charge is 2.50. The number of hydrogen-bond acceptors (Lipinski definition) is 1. The van der Waals surface area contributed by atoms with Crippen LogP contribution in [0.5, 0.6) is 5.75 Å². The van der Waals surface area contributed by atoms with Crippen molar-refractivity contribution in [3.8, 4) is 5.75 Å². The van der Waals surface area contributed by atoms with Gasteiger partial charge in [-0.2, -0.15) is 0 Å². The number of methoxy groups -OCH3 is 1. The molecule has 0 aliphatic heterocycles.